The number of aryl methyl sites for hydroxylation is 1. The van der Waals surface area contributed by atoms with Crippen LogP contribution in [0.1, 0.15) is 38.9 Å². The van der Waals surface area contributed by atoms with Crippen molar-refractivity contribution in [3.63, 3.8) is 0 Å². The Morgan fingerprint density at radius 1 is 1.44 bits per heavy atom. The zero-order chi connectivity index (χ0) is 19.5. The van der Waals surface area contributed by atoms with E-state index in [4.69, 9.17) is 9.47 Å². The molecule has 0 aliphatic carbocycles. The van der Waals surface area contributed by atoms with Crippen molar-refractivity contribution in [2.24, 2.45) is 0 Å². The molecule has 0 radical (unpaired) electrons. The number of aromatic nitrogens is 3. The average molecular weight is 381 g/mol. The van der Waals surface area contributed by atoms with Gasteiger partial charge in [0.25, 0.3) is 0 Å². The van der Waals surface area contributed by atoms with Crippen molar-refractivity contribution in [2.75, 3.05) is 33.4 Å². The van der Waals surface area contributed by atoms with E-state index in [1.165, 1.54) is 7.11 Å². The molecule has 1 spiro atoms. The van der Waals surface area contributed by atoms with Crippen LogP contribution >= 0.6 is 0 Å². The summed E-state index contributed by atoms with van der Waals surface area (Å²) in [7, 11) is 1.49. The Bertz CT molecular complexity index is 643. The predicted molar refractivity (Wildman–Crippen MR) is 97.9 cm³/mol. The molecule has 27 heavy (non-hydrogen) atoms. The van der Waals surface area contributed by atoms with E-state index in [2.05, 4.69) is 20.3 Å². The number of hydrogen-bond donors (Lipinski definition) is 2. The SMILES string of the molecule is CCn1ncnc1CN1CCC2(CC1)OCC[C@@](C)(NC(=O)COC)[C@@H]2O. The summed E-state index contributed by atoms with van der Waals surface area (Å²) in [5.41, 5.74) is -1.33. The van der Waals surface area contributed by atoms with Crippen molar-refractivity contribution in [3.8, 4) is 0 Å². The van der Waals surface area contributed by atoms with Crippen LogP contribution in [0.25, 0.3) is 0 Å². The molecule has 3 rings (SSSR count). The lowest BCUT2D eigenvalue weighted by atomic mass is 9.73. The number of nitrogens with one attached hydrogen (secondary N) is 1. The summed E-state index contributed by atoms with van der Waals surface area (Å²) >= 11 is 0. The third-order valence-electron chi connectivity index (χ3n) is 5.88. The molecular weight excluding hydrogens is 350 g/mol. The number of aliphatic hydroxyl groups excluding tert-OH is 1. The Labute approximate surface area is 160 Å². The Hall–Kier alpha value is -1.55. The highest BCUT2D eigenvalue weighted by molar-refractivity contribution is 5.78. The average Bonchev–Trinajstić information content (AvgIpc) is 3.09. The van der Waals surface area contributed by atoms with Crippen LogP contribution in [0, 0.1) is 0 Å². The summed E-state index contributed by atoms with van der Waals surface area (Å²) in [6.07, 6.45) is 2.83. The summed E-state index contributed by atoms with van der Waals surface area (Å²) in [5, 5.41) is 18.3. The second-order valence-electron chi connectivity index (χ2n) is 7.73. The quantitative estimate of drug-likeness (QED) is 0.711. The summed E-state index contributed by atoms with van der Waals surface area (Å²) < 4.78 is 12.9. The molecule has 0 unspecified atom stereocenters. The van der Waals surface area contributed by atoms with Crippen LogP contribution in [-0.4, -0.2) is 81.3 Å². The molecule has 3 heterocycles. The van der Waals surface area contributed by atoms with Crippen LogP contribution < -0.4 is 5.32 Å². The monoisotopic (exact) mass is 381 g/mol. The Morgan fingerprint density at radius 3 is 2.85 bits per heavy atom. The zero-order valence-electron chi connectivity index (χ0n) is 16.5. The highest BCUT2D eigenvalue weighted by Crippen LogP contribution is 2.40. The van der Waals surface area contributed by atoms with E-state index in [1.54, 1.807) is 6.33 Å². The number of carbonyl (C=O) groups is 1. The van der Waals surface area contributed by atoms with Crippen molar-refractivity contribution in [2.45, 2.75) is 63.4 Å². The molecule has 2 aliphatic rings. The fourth-order valence-corrected chi connectivity index (χ4v) is 4.26. The van der Waals surface area contributed by atoms with E-state index in [-0.39, 0.29) is 12.5 Å². The smallest absolute Gasteiger partial charge is 0.246 e. The first-order valence-corrected chi connectivity index (χ1v) is 9.63. The van der Waals surface area contributed by atoms with E-state index >= 15 is 0 Å². The lowest BCUT2D eigenvalue weighted by molar-refractivity contribution is -0.208. The van der Waals surface area contributed by atoms with Gasteiger partial charge >= 0.3 is 0 Å². The minimum absolute atomic E-state index is 0.0118. The fourth-order valence-electron chi connectivity index (χ4n) is 4.26. The van der Waals surface area contributed by atoms with Crippen LogP contribution in [0.5, 0.6) is 0 Å². The summed E-state index contributed by atoms with van der Waals surface area (Å²) in [6.45, 7) is 7.59. The molecular formula is C18H31N5O4. The van der Waals surface area contributed by atoms with Crippen LogP contribution in [0.15, 0.2) is 6.33 Å². The summed E-state index contributed by atoms with van der Waals surface area (Å²) in [4.78, 5) is 18.7. The second-order valence-corrected chi connectivity index (χ2v) is 7.73. The minimum Gasteiger partial charge on any atom is -0.388 e. The van der Waals surface area contributed by atoms with Gasteiger partial charge in [-0.15, -0.1) is 0 Å². The highest BCUT2D eigenvalue weighted by Gasteiger charge is 2.53. The minimum atomic E-state index is -0.763. The van der Waals surface area contributed by atoms with E-state index < -0.39 is 17.2 Å². The normalized spacial score (nSPS) is 28.4. The number of aliphatic hydroxyl groups is 1. The van der Waals surface area contributed by atoms with Gasteiger partial charge in [0.15, 0.2) is 0 Å². The van der Waals surface area contributed by atoms with Gasteiger partial charge in [0.05, 0.1) is 17.7 Å². The predicted octanol–water partition coefficient (Wildman–Crippen LogP) is -0.0649. The van der Waals surface area contributed by atoms with Gasteiger partial charge in [-0.2, -0.15) is 5.10 Å². The van der Waals surface area contributed by atoms with E-state index in [9.17, 15) is 9.90 Å². The molecule has 152 valence electrons. The molecule has 2 atom stereocenters. The van der Waals surface area contributed by atoms with Crippen molar-refractivity contribution >= 4 is 5.91 Å². The summed E-state index contributed by atoms with van der Waals surface area (Å²) in [5.74, 6) is 0.739. The molecule has 0 bridgehead atoms. The van der Waals surface area contributed by atoms with Gasteiger partial charge in [0.1, 0.15) is 24.9 Å². The highest BCUT2D eigenvalue weighted by atomic mass is 16.5. The Balaban J connectivity index is 1.62. The number of methoxy groups -OCH3 is 1. The van der Waals surface area contributed by atoms with Gasteiger partial charge in [0.2, 0.25) is 5.91 Å². The Kier molecular flexibility index (Phi) is 6.15. The maximum atomic E-state index is 12.0. The zero-order valence-corrected chi connectivity index (χ0v) is 16.5. The van der Waals surface area contributed by atoms with E-state index in [0.717, 1.165) is 32.0 Å². The number of amides is 1. The number of nitrogens with zero attached hydrogens (tertiary/aromatic N) is 4. The number of likely N-dealkylation sites (tertiary alicyclic amines) is 1. The number of hydrogen-bond acceptors (Lipinski definition) is 7. The number of rotatable bonds is 6. The van der Waals surface area contributed by atoms with Crippen molar-refractivity contribution in [1.29, 1.82) is 0 Å². The summed E-state index contributed by atoms with van der Waals surface area (Å²) in [6, 6.07) is 0. The van der Waals surface area contributed by atoms with Gasteiger partial charge in [-0.25, -0.2) is 9.67 Å². The lowest BCUT2D eigenvalue weighted by Crippen LogP contribution is -2.69. The van der Waals surface area contributed by atoms with Crippen molar-refractivity contribution < 1.29 is 19.4 Å². The van der Waals surface area contributed by atoms with E-state index in [1.807, 2.05) is 18.5 Å². The van der Waals surface area contributed by atoms with Crippen LogP contribution in [0.4, 0.5) is 0 Å². The first-order valence-electron chi connectivity index (χ1n) is 9.63. The molecule has 9 heteroatoms. The molecule has 0 aromatic carbocycles. The third kappa shape index (κ3) is 4.16. The number of piperidine rings is 1. The molecule has 9 nitrogen and oxygen atoms in total. The van der Waals surface area contributed by atoms with Gasteiger partial charge in [0, 0.05) is 33.4 Å². The molecule has 1 aromatic rings. The molecule has 2 fully saturated rings. The van der Waals surface area contributed by atoms with Crippen molar-refractivity contribution in [3.05, 3.63) is 12.2 Å². The Morgan fingerprint density at radius 2 is 2.19 bits per heavy atom. The molecule has 1 aromatic heterocycles. The standard InChI is InChI=1S/C18H31N5O4/c1-4-23-14(19-13-20-23)11-22-8-5-18(6-9-22)16(25)17(2,7-10-27-18)21-15(24)12-26-3/h13,16,25H,4-12H2,1-3H3,(H,21,24)/t16-,17+/m0/s1. The van der Waals surface area contributed by atoms with Gasteiger partial charge in [-0.1, -0.05) is 0 Å². The van der Waals surface area contributed by atoms with Crippen LogP contribution in [0.2, 0.25) is 0 Å². The second kappa shape index (κ2) is 8.22. The van der Waals surface area contributed by atoms with Crippen LogP contribution in [0.3, 0.4) is 0 Å². The maximum absolute atomic E-state index is 12.0. The number of ether oxygens (including phenoxy) is 2. The molecule has 2 saturated heterocycles. The van der Waals surface area contributed by atoms with Gasteiger partial charge in [-0.05, 0) is 33.1 Å². The third-order valence-corrected chi connectivity index (χ3v) is 5.88. The first-order chi connectivity index (χ1) is 12.9. The molecule has 0 saturated carbocycles. The number of carbonyl (C=O) groups excluding carboxylic acids is 1. The first kappa shape index (κ1) is 20.2. The topological polar surface area (TPSA) is 102 Å². The molecule has 2 N–H and O–H groups in total. The fraction of sp³-hybridized carbons (Fsp3) is 0.833. The van der Waals surface area contributed by atoms with Crippen LogP contribution in [-0.2, 0) is 27.4 Å². The van der Waals surface area contributed by atoms with Gasteiger partial charge < -0.3 is 19.9 Å². The van der Waals surface area contributed by atoms with Crippen molar-refractivity contribution in [1.82, 2.24) is 25.0 Å². The maximum Gasteiger partial charge on any atom is 0.246 e. The molecule has 1 amide bonds. The molecule has 2 aliphatic heterocycles. The largest absolute Gasteiger partial charge is 0.388 e. The van der Waals surface area contributed by atoms with E-state index in [0.29, 0.717) is 25.9 Å². The van der Waals surface area contributed by atoms with Gasteiger partial charge in [-0.3, -0.25) is 9.69 Å². The lowest BCUT2D eigenvalue weighted by Gasteiger charge is -2.53.